The first-order valence-electron chi connectivity index (χ1n) is 6.04. The summed E-state index contributed by atoms with van der Waals surface area (Å²) in [6, 6.07) is 5.28. The maximum atomic E-state index is 12.0. The topological polar surface area (TPSA) is 64.2 Å². The Morgan fingerprint density at radius 2 is 2.00 bits per heavy atom. The van der Waals surface area contributed by atoms with Crippen LogP contribution in [-0.4, -0.2) is 34.5 Å². The first kappa shape index (κ1) is 13.1. The lowest BCUT2D eigenvalue weighted by molar-refractivity contribution is 0.0827. The van der Waals surface area contributed by atoms with Crippen molar-refractivity contribution < 1.29 is 4.79 Å². The average Bonchev–Trinajstić information content (AvgIpc) is 2.70. The third-order valence-corrected chi connectivity index (χ3v) is 3.19. The molecular weight excluding hydrogens is 240 g/mol. The van der Waals surface area contributed by atoms with Crippen molar-refractivity contribution in [2.24, 2.45) is 0 Å². The Hall–Kier alpha value is -2.30. The molecule has 0 spiro atoms. The summed E-state index contributed by atoms with van der Waals surface area (Å²) in [7, 11) is 3.45. The molecule has 0 bridgehead atoms. The number of aromatic nitrogens is 2. The Morgan fingerprint density at radius 1 is 1.32 bits per heavy atom. The summed E-state index contributed by atoms with van der Waals surface area (Å²) >= 11 is 0. The van der Waals surface area contributed by atoms with Crippen molar-refractivity contribution in [3.05, 3.63) is 41.5 Å². The lowest BCUT2D eigenvalue weighted by atomic mass is 10.1. The van der Waals surface area contributed by atoms with Gasteiger partial charge in [-0.1, -0.05) is 0 Å². The zero-order chi connectivity index (χ0) is 14.2. The fourth-order valence-corrected chi connectivity index (χ4v) is 1.89. The van der Waals surface area contributed by atoms with Gasteiger partial charge in [0.2, 0.25) is 0 Å². The van der Waals surface area contributed by atoms with E-state index < -0.39 is 0 Å². The fourth-order valence-electron chi connectivity index (χ4n) is 1.89. The van der Waals surface area contributed by atoms with E-state index in [1.54, 1.807) is 43.5 Å². The van der Waals surface area contributed by atoms with Gasteiger partial charge in [-0.3, -0.25) is 4.79 Å². The van der Waals surface area contributed by atoms with Gasteiger partial charge in [0.15, 0.2) is 0 Å². The monoisotopic (exact) mass is 258 g/mol. The largest absolute Gasteiger partial charge is 0.397 e. The van der Waals surface area contributed by atoms with Gasteiger partial charge in [-0.15, -0.1) is 0 Å². The van der Waals surface area contributed by atoms with Gasteiger partial charge >= 0.3 is 0 Å². The molecule has 1 amide bonds. The standard InChI is InChI=1S/C14H18N4O/c1-9-10(2)18(8-16-9)13-7-11(5-6-12(13)15)14(19)17(3)4/h5-8H,15H2,1-4H3. The third-order valence-electron chi connectivity index (χ3n) is 3.19. The number of benzene rings is 1. The van der Waals surface area contributed by atoms with E-state index in [0.29, 0.717) is 11.3 Å². The number of aryl methyl sites for hydroxylation is 1. The molecule has 1 heterocycles. The van der Waals surface area contributed by atoms with Crippen molar-refractivity contribution in [3.8, 4) is 5.69 Å². The van der Waals surface area contributed by atoms with Gasteiger partial charge in [0.25, 0.3) is 5.91 Å². The SMILES string of the molecule is Cc1ncn(-c2cc(C(=O)N(C)C)ccc2N)c1C. The highest BCUT2D eigenvalue weighted by Gasteiger charge is 2.13. The molecule has 0 aliphatic rings. The van der Waals surface area contributed by atoms with E-state index in [9.17, 15) is 4.79 Å². The molecule has 0 aliphatic heterocycles. The van der Waals surface area contributed by atoms with Crippen LogP contribution in [0.5, 0.6) is 0 Å². The normalized spacial score (nSPS) is 10.5. The molecule has 5 heteroatoms. The number of hydrogen-bond acceptors (Lipinski definition) is 3. The molecule has 0 atom stereocenters. The molecule has 0 fully saturated rings. The predicted molar refractivity (Wildman–Crippen MR) is 75.5 cm³/mol. The first-order valence-corrected chi connectivity index (χ1v) is 6.04. The fraction of sp³-hybridized carbons (Fsp3) is 0.286. The zero-order valence-electron chi connectivity index (χ0n) is 11.6. The molecule has 1 aromatic heterocycles. The van der Waals surface area contributed by atoms with Gasteiger partial charge in [0.1, 0.15) is 0 Å². The quantitative estimate of drug-likeness (QED) is 0.835. The molecule has 19 heavy (non-hydrogen) atoms. The molecule has 0 unspecified atom stereocenters. The molecule has 2 N–H and O–H groups in total. The Kier molecular flexibility index (Phi) is 3.29. The van der Waals surface area contributed by atoms with E-state index in [4.69, 9.17) is 5.73 Å². The number of nitrogens with two attached hydrogens (primary N) is 1. The lowest BCUT2D eigenvalue weighted by Gasteiger charge is -2.14. The van der Waals surface area contributed by atoms with E-state index >= 15 is 0 Å². The van der Waals surface area contributed by atoms with Gasteiger partial charge < -0.3 is 15.2 Å². The van der Waals surface area contributed by atoms with Crippen LogP contribution in [0.4, 0.5) is 5.69 Å². The van der Waals surface area contributed by atoms with Crippen LogP contribution < -0.4 is 5.73 Å². The minimum absolute atomic E-state index is 0.0456. The second kappa shape index (κ2) is 4.76. The van der Waals surface area contributed by atoms with Crippen LogP contribution in [0.2, 0.25) is 0 Å². The van der Waals surface area contributed by atoms with Crippen LogP contribution in [-0.2, 0) is 0 Å². The summed E-state index contributed by atoms with van der Waals surface area (Å²) in [5.41, 5.74) is 9.98. The summed E-state index contributed by atoms with van der Waals surface area (Å²) in [6.45, 7) is 3.92. The number of anilines is 1. The van der Waals surface area contributed by atoms with Gasteiger partial charge in [-0.2, -0.15) is 0 Å². The number of nitrogens with zero attached hydrogens (tertiary/aromatic N) is 3. The zero-order valence-corrected chi connectivity index (χ0v) is 11.6. The highest BCUT2D eigenvalue weighted by molar-refractivity contribution is 5.95. The van der Waals surface area contributed by atoms with Crippen molar-refractivity contribution in [3.63, 3.8) is 0 Å². The molecule has 2 rings (SSSR count). The van der Waals surface area contributed by atoms with Gasteiger partial charge in [-0.25, -0.2) is 4.98 Å². The van der Waals surface area contributed by atoms with Crippen molar-refractivity contribution in [2.45, 2.75) is 13.8 Å². The van der Waals surface area contributed by atoms with E-state index in [1.807, 2.05) is 18.4 Å². The minimum atomic E-state index is -0.0456. The highest BCUT2D eigenvalue weighted by atomic mass is 16.2. The van der Waals surface area contributed by atoms with Crippen molar-refractivity contribution in [2.75, 3.05) is 19.8 Å². The molecule has 0 saturated heterocycles. The van der Waals surface area contributed by atoms with Gasteiger partial charge in [0, 0.05) is 25.4 Å². The Morgan fingerprint density at radius 3 is 2.53 bits per heavy atom. The van der Waals surface area contributed by atoms with E-state index in [2.05, 4.69) is 4.98 Å². The Balaban J connectivity index is 2.55. The summed E-state index contributed by atoms with van der Waals surface area (Å²) in [5.74, 6) is -0.0456. The molecule has 5 nitrogen and oxygen atoms in total. The number of carbonyl (C=O) groups excluding carboxylic acids is 1. The van der Waals surface area contributed by atoms with Gasteiger partial charge in [-0.05, 0) is 32.0 Å². The van der Waals surface area contributed by atoms with Crippen LogP contribution in [0.1, 0.15) is 21.7 Å². The van der Waals surface area contributed by atoms with Crippen molar-refractivity contribution in [1.82, 2.24) is 14.5 Å². The number of rotatable bonds is 2. The number of carbonyl (C=O) groups is 1. The number of amides is 1. The molecule has 0 aliphatic carbocycles. The Bertz CT molecular complexity index is 628. The molecule has 100 valence electrons. The minimum Gasteiger partial charge on any atom is -0.397 e. The molecule has 2 aromatic rings. The molecular formula is C14H18N4O. The maximum absolute atomic E-state index is 12.0. The molecule has 1 aromatic carbocycles. The summed E-state index contributed by atoms with van der Waals surface area (Å²) in [4.78, 5) is 17.8. The number of nitrogen functional groups attached to an aromatic ring is 1. The second-order valence-corrected chi connectivity index (χ2v) is 4.76. The first-order chi connectivity index (χ1) is 8.91. The number of hydrogen-bond donors (Lipinski definition) is 1. The summed E-state index contributed by atoms with van der Waals surface area (Å²) in [6.07, 6.45) is 1.72. The maximum Gasteiger partial charge on any atom is 0.253 e. The highest BCUT2D eigenvalue weighted by Crippen LogP contribution is 2.22. The van der Waals surface area contributed by atoms with E-state index in [1.165, 1.54) is 0 Å². The van der Waals surface area contributed by atoms with Crippen LogP contribution in [0.3, 0.4) is 0 Å². The third kappa shape index (κ3) is 2.31. The predicted octanol–water partition coefficient (Wildman–Crippen LogP) is 1.77. The van der Waals surface area contributed by atoms with Crippen molar-refractivity contribution >= 4 is 11.6 Å². The van der Waals surface area contributed by atoms with Crippen LogP contribution in [0.25, 0.3) is 5.69 Å². The van der Waals surface area contributed by atoms with Crippen LogP contribution >= 0.6 is 0 Å². The number of imidazole rings is 1. The van der Waals surface area contributed by atoms with Crippen LogP contribution in [0, 0.1) is 13.8 Å². The molecule has 0 saturated carbocycles. The Labute approximate surface area is 112 Å². The summed E-state index contributed by atoms with van der Waals surface area (Å²) in [5, 5.41) is 0. The van der Waals surface area contributed by atoms with E-state index in [-0.39, 0.29) is 5.91 Å². The summed E-state index contributed by atoms with van der Waals surface area (Å²) < 4.78 is 1.90. The van der Waals surface area contributed by atoms with Crippen molar-refractivity contribution in [1.29, 1.82) is 0 Å². The smallest absolute Gasteiger partial charge is 0.253 e. The van der Waals surface area contributed by atoms with Crippen LogP contribution in [0.15, 0.2) is 24.5 Å². The lowest BCUT2D eigenvalue weighted by Crippen LogP contribution is -2.22. The van der Waals surface area contributed by atoms with Gasteiger partial charge in [0.05, 0.1) is 23.4 Å². The molecule has 0 radical (unpaired) electrons. The second-order valence-electron chi connectivity index (χ2n) is 4.76. The van der Waals surface area contributed by atoms with E-state index in [0.717, 1.165) is 17.1 Å². The average molecular weight is 258 g/mol.